The van der Waals surface area contributed by atoms with E-state index >= 15 is 0 Å². The van der Waals surface area contributed by atoms with Crippen LogP contribution in [0.5, 0.6) is 0 Å². The summed E-state index contributed by atoms with van der Waals surface area (Å²) in [6, 6.07) is 16.6. The first kappa shape index (κ1) is 21.3. The number of hydrogen-bond donors (Lipinski definition) is 1. The molecule has 2 aromatic carbocycles. The van der Waals surface area contributed by atoms with Gasteiger partial charge in [-0.3, -0.25) is 14.5 Å². The molecule has 0 aromatic heterocycles. The van der Waals surface area contributed by atoms with Gasteiger partial charge in [0.2, 0.25) is 11.8 Å². The number of nitrogens with zero attached hydrogens (tertiary/aromatic N) is 1. The Morgan fingerprint density at radius 1 is 1.07 bits per heavy atom. The van der Waals surface area contributed by atoms with E-state index < -0.39 is 17.8 Å². The molecular weight excluding hydrogens is 380 g/mol. The molecule has 6 heteroatoms. The Bertz CT molecular complexity index is 964. The van der Waals surface area contributed by atoms with Crippen LogP contribution in [0.3, 0.4) is 0 Å². The van der Waals surface area contributed by atoms with Gasteiger partial charge in [-0.15, -0.1) is 0 Å². The molecule has 0 unspecified atom stereocenters. The number of amides is 2. The van der Waals surface area contributed by atoms with E-state index in [1.165, 1.54) is 4.90 Å². The highest BCUT2D eigenvalue weighted by molar-refractivity contribution is 6.10. The van der Waals surface area contributed by atoms with Gasteiger partial charge >= 0.3 is 5.97 Å². The molecule has 0 aliphatic carbocycles. The van der Waals surface area contributed by atoms with Crippen molar-refractivity contribution in [3.8, 4) is 0 Å². The van der Waals surface area contributed by atoms with Crippen LogP contribution in [0, 0.1) is 5.92 Å². The largest absolute Gasteiger partial charge is 0.463 e. The van der Waals surface area contributed by atoms with Crippen LogP contribution in [0.4, 0.5) is 11.4 Å². The first-order valence-corrected chi connectivity index (χ1v) is 10.1. The minimum absolute atomic E-state index is 0.112. The van der Waals surface area contributed by atoms with Crippen molar-refractivity contribution in [2.24, 2.45) is 5.92 Å². The molecule has 1 aliphatic heterocycles. The van der Waals surface area contributed by atoms with Crippen molar-refractivity contribution in [1.29, 1.82) is 0 Å². The molecular formula is C24H26N2O4. The van der Waals surface area contributed by atoms with Gasteiger partial charge in [0.25, 0.3) is 0 Å². The highest BCUT2D eigenvalue weighted by Gasteiger charge is 2.40. The maximum atomic E-state index is 13.1. The number of anilines is 2. The Kier molecular flexibility index (Phi) is 6.67. The molecule has 0 saturated heterocycles. The number of carbonyl (C=O) groups excluding carboxylic acids is 3. The van der Waals surface area contributed by atoms with Gasteiger partial charge in [-0.25, -0.2) is 4.79 Å². The number of para-hydroxylation sites is 1. The third kappa shape index (κ3) is 4.43. The highest BCUT2D eigenvalue weighted by Crippen LogP contribution is 2.34. The van der Waals surface area contributed by atoms with Gasteiger partial charge in [0.15, 0.2) is 0 Å². The molecule has 0 spiro atoms. The van der Waals surface area contributed by atoms with Gasteiger partial charge in [-0.05, 0) is 50.1 Å². The summed E-state index contributed by atoms with van der Waals surface area (Å²) in [4.78, 5) is 40.2. The lowest BCUT2D eigenvalue weighted by molar-refractivity contribution is -0.141. The predicted molar refractivity (Wildman–Crippen MR) is 116 cm³/mol. The molecule has 0 fully saturated rings. The maximum absolute atomic E-state index is 13.1. The van der Waals surface area contributed by atoms with E-state index in [0.717, 1.165) is 12.0 Å². The minimum atomic E-state index is -0.914. The van der Waals surface area contributed by atoms with Gasteiger partial charge in [0.1, 0.15) is 0 Å². The van der Waals surface area contributed by atoms with Crippen LogP contribution in [0.2, 0.25) is 0 Å². The van der Waals surface area contributed by atoms with Crippen LogP contribution in [-0.2, 0) is 25.5 Å². The molecule has 1 aliphatic rings. The van der Waals surface area contributed by atoms with Gasteiger partial charge in [0, 0.05) is 23.5 Å². The maximum Gasteiger partial charge on any atom is 0.336 e. The van der Waals surface area contributed by atoms with Gasteiger partial charge in [-0.2, -0.15) is 0 Å². The molecule has 3 rings (SSSR count). The van der Waals surface area contributed by atoms with Crippen molar-refractivity contribution < 1.29 is 19.1 Å². The van der Waals surface area contributed by atoms with Crippen molar-refractivity contribution in [3.05, 3.63) is 71.4 Å². The second-order valence-electron chi connectivity index (χ2n) is 7.08. The molecule has 0 bridgehead atoms. The summed E-state index contributed by atoms with van der Waals surface area (Å²) in [5.41, 5.74) is 3.05. The number of ether oxygens (including phenoxy) is 1. The second-order valence-corrected chi connectivity index (χ2v) is 7.08. The fraction of sp³-hybridized carbons (Fsp3) is 0.292. The molecule has 0 saturated carbocycles. The summed E-state index contributed by atoms with van der Waals surface area (Å²) in [6.07, 6.45) is 0.787. The third-order valence-electron chi connectivity index (χ3n) is 5.16. The fourth-order valence-electron chi connectivity index (χ4n) is 3.62. The summed E-state index contributed by atoms with van der Waals surface area (Å²) in [5, 5.41) is 2.83. The number of carbonyl (C=O) groups is 3. The number of aryl methyl sites for hydroxylation is 1. The average Bonchev–Trinajstić information content (AvgIpc) is 2.74. The summed E-state index contributed by atoms with van der Waals surface area (Å²) in [6.45, 7) is 5.62. The summed E-state index contributed by atoms with van der Waals surface area (Å²) >= 11 is 0. The molecule has 2 amide bonds. The van der Waals surface area contributed by atoms with Crippen molar-refractivity contribution in [2.45, 2.75) is 33.6 Å². The molecule has 30 heavy (non-hydrogen) atoms. The summed E-state index contributed by atoms with van der Waals surface area (Å²) in [5.74, 6) is -2.14. The molecule has 1 N–H and O–H groups in total. The Balaban J connectivity index is 1.95. The van der Waals surface area contributed by atoms with Gasteiger partial charge < -0.3 is 10.1 Å². The molecule has 1 heterocycles. The molecule has 2 aromatic rings. The van der Waals surface area contributed by atoms with Crippen molar-refractivity contribution >= 4 is 29.2 Å². The first-order chi connectivity index (χ1) is 14.5. The standard InChI is InChI=1S/C24H26N2O4/c1-4-17-11-13-18(14-12-17)25-23(28)20-15-21(27)26(19-9-7-6-8-10-19)16(3)22(20)24(29)30-5-2/h6-14,20H,4-5,15H2,1-3H3,(H,25,28)/t20-/m0/s1. The van der Waals surface area contributed by atoms with Gasteiger partial charge in [-0.1, -0.05) is 37.3 Å². The van der Waals surface area contributed by atoms with E-state index in [1.807, 2.05) is 42.5 Å². The van der Waals surface area contributed by atoms with Crippen molar-refractivity contribution in [1.82, 2.24) is 0 Å². The summed E-state index contributed by atoms with van der Waals surface area (Å²) in [7, 11) is 0. The number of rotatable bonds is 6. The van der Waals surface area contributed by atoms with Crippen molar-refractivity contribution in [3.63, 3.8) is 0 Å². The zero-order chi connectivity index (χ0) is 21.7. The normalized spacial score (nSPS) is 16.4. The smallest absolute Gasteiger partial charge is 0.336 e. The molecule has 156 valence electrons. The number of allylic oxidation sites excluding steroid dienone is 1. The zero-order valence-corrected chi connectivity index (χ0v) is 17.5. The Morgan fingerprint density at radius 3 is 2.33 bits per heavy atom. The third-order valence-corrected chi connectivity index (χ3v) is 5.16. The van der Waals surface area contributed by atoms with Crippen LogP contribution in [-0.4, -0.2) is 24.4 Å². The number of benzene rings is 2. The fourth-order valence-corrected chi connectivity index (χ4v) is 3.62. The lowest BCUT2D eigenvalue weighted by atomic mass is 9.88. The number of nitrogens with one attached hydrogen (secondary N) is 1. The first-order valence-electron chi connectivity index (χ1n) is 10.1. The minimum Gasteiger partial charge on any atom is -0.463 e. The molecule has 6 nitrogen and oxygen atoms in total. The Labute approximate surface area is 176 Å². The van der Waals surface area contributed by atoms with E-state index in [-0.39, 0.29) is 24.5 Å². The number of esters is 1. The van der Waals surface area contributed by atoms with Crippen LogP contribution in [0.25, 0.3) is 0 Å². The Morgan fingerprint density at radius 2 is 1.73 bits per heavy atom. The van der Waals surface area contributed by atoms with Crippen LogP contribution >= 0.6 is 0 Å². The van der Waals surface area contributed by atoms with Gasteiger partial charge in [0.05, 0.1) is 18.1 Å². The average molecular weight is 406 g/mol. The lowest BCUT2D eigenvalue weighted by Gasteiger charge is -2.33. The predicted octanol–water partition coefficient (Wildman–Crippen LogP) is 4.08. The van der Waals surface area contributed by atoms with E-state index in [2.05, 4.69) is 12.2 Å². The Hall–Kier alpha value is -3.41. The number of hydrogen-bond acceptors (Lipinski definition) is 4. The zero-order valence-electron chi connectivity index (χ0n) is 17.5. The molecule has 1 atom stereocenters. The van der Waals surface area contributed by atoms with Crippen molar-refractivity contribution in [2.75, 3.05) is 16.8 Å². The van der Waals surface area contributed by atoms with E-state index in [9.17, 15) is 14.4 Å². The summed E-state index contributed by atoms with van der Waals surface area (Å²) < 4.78 is 5.22. The highest BCUT2D eigenvalue weighted by atomic mass is 16.5. The van der Waals surface area contributed by atoms with Crippen LogP contribution in [0.15, 0.2) is 65.9 Å². The molecule has 0 radical (unpaired) electrons. The lowest BCUT2D eigenvalue weighted by Crippen LogP contribution is -2.43. The van der Waals surface area contributed by atoms with Crippen LogP contribution < -0.4 is 10.2 Å². The van der Waals surface area contributed by atoms with E-state index in [0.29, 0.717) is 17.1 Å². The monoisotopic (exact) mass is 406 g/mol. The van der Waals surface area contributed by atoms with Crippen LogP contribution in [0.1, 0.15) is 32.8 Å². The topological polar surface area (TPSA) is 75.7 Å². The quantitative estimate of drug-likeness (QED) is 0.734. The van der Waals surface area contributed by atoms with E-state index in [4.69, 9.17) is 4.74 Å². The second kappa shape index (κ2) is 9.39. The SMILES string of the molecule is CCOC(=O)C1=C(C)N(c2ccccc2)C(=O)C[C@@H]1C(=O)Nc1ccc(CC)cc1. The van der Waals surface area contributed by atoms with E-state index in [1.54, 1.807) is 26.0 Å².